The summed E-state index contributed by atoms with van der Waals surface area (Å²) < 4.78 is 9.69. The van der Waals surface area contributed by atoms with E-state index >= 15 is 0 Å². The van der Waals surface area contributed by atoms with E-state index < -0.39 is 29.9 Å². The molecule has 1 aromatic rings. The Bertz CT molecular complexity index is 612. The second-order valence-corrected chi connectivity index (χ2v) is 6.66. The molecule has 8 heteroatoms. The highest BCUT2D eigenvalue weighted by atomic mass is 16.6. The molecule has 3 N–H and O–H groups in total. The molecule has 8 nitrogen and oxygen atoms in total. The van der Waals surface area contributed by atoms with Crippen molar-refractivity contribution >= 4 is 12.1 Å². The average molecular weight is 354 g/mol. The van der Waals surface area contributed by atoms with Gasteiger partial charge in [-0.1, -0.05) is 0 Å². The topological polar surface area (TPSA) is 118 Å². The minimum absolute atomic E-state index is 0.123. The Balaban J connectivity index is 2.59. The molecule has 2 atom stereocenters. The van der Waals surface area contributed by atoms with Crippen LogP contribution in [0.25, 0.3) is 0 Å². The molecule has 1 aromatic heterocycles. The Morgan fingerprint density at radius 3 is 2.48 bits per heavy atom. The third-order valence-electron chi connectivity index (χ3n) is 3.29. The van der Waals surface area contributed by atoms with Crippen molar-refractivity contribution in [1.29, 1.82) is 0 Å². The number of rotatable bonds is 6. The number of ether oxygens (including phenoxy) is 2. The van der Waals surface area contributed by atoms with Crippen LogP contribution in [0.15, 0.2) is 12.3 Å². The summed E-state index contributed by atoms with van der Waals surface area (Å²) in [4.78, 5) is 27.0. The van der Waals surface area contributed by atoms with Gasteiger partial charge in [0.2, 0.25) is 0 Å². The van der Waals surface area contributed by atoms with Gasteiger partial charge in [0.1, 0.15) is 11.7 Å². The molecular formula is C17H26N2O6. The first-order valence-corrected chi connectivity index (χ1v) is 7.93. The number of carbonyl (C=O) groups is 2. The van der Waals surface area contributed by atoms with E-state index in [1.54, 1.807) is 33.8 Å². The number of methoxy groups -OCH3 is 1. The van der Waals surface area contributed by atoms with Crippen molar-refractivity contribution in [1.82, 2.24) is 10.3 Å². The number of aliphatic hydroxyl groups excluding tert-OH is 2. The number of nitrogens with zero attached hydrogens (tertiary/aromatic N) is 1. The summed E-state index contributed by atoms with van der Waals surface area (Å²) in [5, 5.41) is 22.8. The second kappa shape index (κ2) is 8.77. The van der Waals surface area contributed by atoms with Gasteiger partial charge in [-0.3, -0.25) is 0 Å². The van der Waals surface area contributed by atoms with Gasteiger partial charge in [0.25, 0.3) is 0 Å². The highest BCUT2D eigenvalue weighted by Crippen LogP contribution is 2.20. The Hall–Kier alpha value is -2.19. The first-order chi connectivity index (χ1) is 11.5. The van der Waals surface area contributed by atoms with Gasteiger partial charge >= 0.3 is 12.1 Å². The molecule has 0 saturated carbocycles. The van der Waals surface area contributed by atoms with Crippen molar-refractivity contribution < 1.29 is 29.3 Å². The minimum Gasteiger partial charge on any atom is -0.464 e. The zero-order valence-electron chi connectivity index (χ0n) is 15.2. The number of aryl methyl sites for hydroxylation is 1. The fraction of sp³-hybridized carbons (Fsp3) is 0.588. The quantitative estimate of drug-likeness (QED) is 0.662. The van der Waals surface area contributed by atoms with Crippen LogP contribution < -0.4 is 5.32 Å². The smallest absolute Gasteiger partial charge is 0.407 e. The first kappa shape index (κ1) is 20.9. The molecule has 0 aliphatic carbocycles. The molecular weight excluding hydrogens is 328 g/mol. The summed E-state index contributed by atoms with van der Waals surface area (Å²) in [5.41, 5.74) is 0.448. The van der Waals surface area contributed by atoms with Crippen LogP contribution in [-0.2, 0) is 9.47 Å². The lowest BCUT2D eigenvalue weighted by molar-refractivity contribution is 0.0121. The van der Waals surface area contributed by atoms with Gasteiger partial charge in [0, 0.05) is 18.3 Å². The lowest BCUT2D eigenvalue weighted by Crippen LogP contribution is -2.34. The zero-order chi connectivity index (χ0) is 19.2. The van der Waals surface area contributed by atoms with Crippen LogP contribution in [0.1, 0.15) is 54.9 Å². The number of amides is 1. The predicted octanol–water partition coefficient (Wildman–Crippen LogP) is 1.49. The van der Waals surface area contributed by atoms with Crippen LogP contribution in [0.2, 0.25) is 0 Å². The SMILES string of the molecule is COC(=O)c1ncc(C(O)C(O)CCNC(=O)OC(C)(C)C)cc1C. The van der Waals surface area contributed by atoms with Gasteiger partial charge < -0.3 is 25.0 Å². The van der Waals surface area contributed by atoms with Gasteiger partial charge in [-0.2, -0.15) is 0 Å². The van der Waals surface area contributed by atoms with E-state index in [1.165, 1.54) is 13.3 Å². The van der Waals surface area contributed by atoms with Crippen molar-refractivity contribution in [2.24, 2.45) is 0 Å². The largest absolute Gasteiger partial charge is 0.464 e. The van der Waals surface area contributed by atoms with E-state index in [1.807, 2.05) is 0 Å². The Morgan fingerprint density at radius 2 is 1.96 bits per heavy atom. The fourth-order valence-electron chi connectivity index (χ4n) is 2.08. The van der Waals surface area contributed by atoms with Gasteiger partial charge in [-0.15, -0.1) is 0 Å². The summed E-state index contributed by atoms with van der Waals surface area (Å²) >= 11 is 0. The van der Waals surface area contributed by atoms with E-state index in [2.05, 4.69) is 15.0 Å². The molecule has 0 aromatic carbocycles. The van der Waals surface area contributed by atoms with Crippen LogP contribution in [0, 0.1) is 6.92 Å². The fourth-order valence-corrected chi connectivity index (χ4v) is 2.08. The van der Waals surface area contributed by atoms with E-state index in [0.29, 0.717) is 11.1 Å². The molecule has 1 amide bonds. The number of hydrogen-bond donors (Lipinski definition) is 3. The average Bonchev–Trinajstić information content (AvgIpc) is 2.51. The molecule has 25 heavy (non-hydrogen) atoms. The molecule has 2 unspecified atom stereocenters. The normalized spacial score (nSPS) is 13.7. The van der Waals surface area contributed by atoms with Crippen molar-refractivity contribution in [2.75, 3.05) is 13.7 Å². The van der Waals surface area contributed by atoms with Crippen molar-refractivity contribution in [2.45, 2.75) is 51.9 Å². The summed E-state index contributed by atoms with van der Waals surface area (Å²) in [7, 11) is 1.26. The van der Waals surface area contributed by atoms with E-state index in [9.17, 15) is 19.8 Å². The maximum Gasteiger partial charge on any atom is 0.407 e. The van der Waals surface area contributed by atoms with Gasteiger partial charge in [0.15, 0.2) is 5.69 Å². The minimum atomic E-state index is -1.20. The Labute approximate surface area is 147 Å². The van der Waals surface area contributed by atoms with Gasteiger partial charge in [-0.05, 0) is 45.7 Å². The Morgan fingerprint density at radius 1 is 1.32 bits per heavy atom. The molecule has 0 bridgehead atoms. The van der Waals surface area contributed by atoms with Gasteiger partial charge in [0.05, 0.1) is 13.2 Å². The lowest BCUT2D eigenvalue weighted by atomic mass is 10.0. The summed E-state index contributed by atoms with van der Waals surface area (Å²) in [6.45, 7) is 7.04. The number of aliphatic hydroxyl groups is 2. The second-order valence-electron chi connectivity index (χ2n) is 6.66. The zero-order valence-corrected chi connectivity index (χ0v) is 15.2. The van der Waals surface area contributed by atoms with Crippen LogP contribution in [0.5, 0.6) is 0 Å². The monoisotopic (exact) mass is 354 g/mol. The van der Waals surface area contributed by atoms with E-state index in [0.717, 1.165) is 0 Å². The number of alkyl carbamates (subject to hydrolysis) is 1. The number of hydrogen-bond acceptors (Lipinski definition) is 7. The predicted molar refractivity (Wildman–Crippen MR) is 90.1 cm³/mol. The summed E-state index contributed by atoms with van der Waals surface area (Å²) in [5.74, 6) is -0.569. The van der Waals surface area contributed by atoms with E-state index in [4.69, 9.17) is 4.74 Å². The maximum atomic E-state index is 11.5. The van der Waals surface area contributed by atoms with E-state index in [-0.39, 0.29) is 18.7 Å². The van der Waals surface area contributed by atoms with Crippen molar-refractivity contribution in [3.05, 3.63) is 29.1 Å². The summed E-state index contributed by atoms with van der Waals surface area (Å²) in [6.07, 6.45) is -1.46. The number of esters is 1. The molecule has 140 valence electrons. The van der Waals surface area contributed by atoms with Crippen molar-refractivity contribution in [3.8, 4) is 0 Å². The van der Waals surface area contributed by atoms with Gasteiger partial charge in [-0.25, -0.2) is 14.6 Å². The standard InChI is InChI=1S/C17H26N2O6/c1-10-8-11(9-19-13(10)15(22)24-5)14(21)12(20)6-7-18-16(23)25-17(2,3)4/h8-9,12,14,20-21H,6-7H2,1-5H3,(H,18,23). The highest BCUT2D eigenvalue weighted by Gasteiger charge is 2.22. The van der Waals surface area contributed by atoms with Crippen LogP contribution in [0.4, 0.5) is 4.79 Å². The van der Waals surface area contributed by atoms with Crippen LogP contribution in [-0.4, -0.2) is 52.6 Å². The molecule has 0 saturated heterocycles. The molecule has 1 rings (SSSR count). The Kier molecular flexibility index (Phi) is 7.32. The molecule has 0 fully saturated rings. The number of carbonyl (C=O) groups excluding carboxylic acids is 2. The molecule has 0 spiro atoms. The molecule has 1 heterocycles. The third kappa shape index (κ3) is 6.67. The maximum absolute atomic E-state index is 11.5. The van der Waals surface area contributed by atoms with Crippen LogP contribution in [0.3, 0.4) is 0 Å². The van der Waals surface area contributed by atoms with Crippen molar-refractivity contribution in [3.63, 3.8) is 0 Å². The highest BCUT2D eigenvalue weighted by molar-refractivity contribution is 5.88. The number of nitrogens with one attached hydrogen (secondary N) is 1. The number of aromatic nitrogens is 1. The molecule has 0 aliphatic heterocycles. The summed E-state index contributed by atoms with van der Waals surface area (Å²) in [6, 6.07) is 1.56. The van der Waals surface area contributed by atoms with Crippen LogP contribution >= 0.6 is 0 Å². The third-order valence-corrected chi connectivity index (χ3v) is 3.29. The molecule has 0 radical (unpaired) electrons. The number of pyridine rings is 1. The lowest BCUT2D eigenvalue weighted by Gasteiger charge is -2.21. The molecule has 0 aliphatic rings. The first-order valence-electron chi connectivity index (χ1n) is 7.93.